The van der Waals surface area contributed by atoms with Crippen LogP contribution < -0.4 is 10.7 Å². The minimum absolute atomic E-state index is 0.0849. The summed E-state index contributed by atoms with van der Waals surface area (Å²) in [7, 11) is 0. The van der Waals surface area contributed by atoms with Crippen molar-refractivity contribution in [1.29, 1.82) is 0 Å². The zero-order valence-corrected chi connectivity index (χ0v) is 19.0. The number of benzene rings is 3. The molecule has 0 atom stereocenters. The molecule has 1 aromatic heterocycles. The molecule has 0 aliphatic heterocycles. The molecule has 0 aliphatic carbocycles. The van der Waals surface area contributed by atoms with Gasteiger partial charge in [0.25, 0.3) is 5.91 Å². The number of phenolic OH excluding ortho intramolecular Hbond substituents is 1. The van der Waals surface area contributed by atoms with Gasteiger partial charge in [-0.05, 0) is 36.2 Å². The average Bonchev–Trinajstić information content (AvgIpc) is 3.18. The van der Waals surface area contributed by atoms with E-state index in [0.717, 1.165) is 22.9 Å². The van der Waals surface area contributed by atoms with Crippen LogP contribution in [0.4, 0.5) is 0 Å². The van der Waals surface area contributed by atoms with E-state index in [1.807, 2.05) is 65.4 Å². The number of hydrogen-bond donors (Lipinski definition) is 3. The van der Waals surface area contributed by atoms with E-state index in [2.05, 4.69) is 15.8 Å². The van der Waals surface area contributed by atoms with Crippen molar-refractivity contribution in [2.75, 3.05) is 6.54 Å². The number of amides is 2. The van der Waals surface area contributed by atoms with Gasteiger partial charge < -0.3 is 15.0 Å². The number of phenols is 1. The number of nitrogens with zero attached hydrogens (tertiary/aromatic N) is 2. The lowest BCUT2D eigenvalue weighted by Gasteiger charge is -2.07. The molecule has 2 amide bonds. The highest BCUT2D eigenvalue weighted by molar-refractivity contribution is 6.32. The SMILES string of the molecule is O=C(Cn1cc(/C=N/NC(=O)c2ccc(O)c(Cl)c2)c2ccccc21)NCCc1ccccc1. The molecular weight excluding hydrogens is 452 g/mol. The number of para-hydroxylation sites is 1. The first-order valence-electron chi connectivity index (χ1n) is 10.7. The van der Waals surface area contributed by atoms with Crippen LogP contribution in [0.15, 0.2) is 84.1 Å². The van der Waals surface area contributed by atoms with Crippen molar-refractivity contribution in [2.45, 2.75) is 13.0 Å². The van der Waals surface area contributed by atoms with Gasteiger partial charge in [0.05, 0.1) is 11.2 Å². The number of fused-ring (bicyclic) bond motifs is 1. The molecule has 0 aliphatic rings. The van der Waals surface area contributed by atoms with Gasteiger partial charge in [-0.3, -0.25) is 9.59 Å². The summed E-state index contributed by atoms with van der Waals surface area (Å²) in [6, 6.07) is 21.8. The normalized spacial score (nSPS) is 11.1. The second kappa shape index (κ2) is 10.7. The highest BCUT2D eigenvalue weighted by atomic mass is 35.5. The van der Waals surface area contributed by atoms with E-state index >= 15 is 0 Å². The molecule has 172 valence electrons. The van der Waals surface area contributed by atoms with Crippen molar-refractivity contribution in [1.82, 2.24) is 15.3 Å². The molecule has 0 saturated heterocycles. The fourth-order valence-electron chi connectivity index (χ4n) is 3.58. The number of carbonyl (C=O) groups is 2. The Labute approximate surface area is 201 Å². The van der Waals surface area contributed by atoms with Gasteiger partial charge >= 0.3 is 0 Å². The molecule has 3 N–H and O–H groups in total. The highest BCUT2D eigenvalue weighted by Crippen LogP contribution is 2.23. The Morgan fingerprint density at radius 2 is 1.79 bits per heavy atom. The summed E-state index contributed by atoms with van der Waals surface area (Å²) >= 11 is 5.86. The monoisotopic (exact) mass is 474 g/mol. The Bertz CT molecular complexity index is 1350. The standard InChI is InChI=1S/C26H23ClN4O3/c27-22-14-19(10-11-24(22)32)26(34)30-29-15-20-16-31(23-9-5-4-8-21(20)23)17-25(33)28-13-12-18-6-2-1-3-7-18/h1-11,14-16,32H,12-13,17H2,(H,28,33)(H,30,34)/b29-15+. The summed E-state index contributed by atoms with van der Waals surface area (Å²) in [5.74, 6) is -0.643. The van der Waals surface area contributed by atoms with E-state index in [9.17, 15) is 14.7 Å². The quantitative estimate of drug-likeness (QED) is 0.265. The third kappa shape index (κ3) is 5.63. The first-order valence-corrected chi connectivity index (χ1v) is 11.1. The molecular formula is C26H23ClN4O3. The Morgan fingerprint density at radius 3 is 2.59 bits per heavy atom. The number of hydrazone groups is 1. The van der Waals surface area contributed by atoms with Crippen molar-refractivity contribution in [3.8, 4) is 5.75 Å². The highest BCUT2D eigenvalue weighted by Gasteiger charge is 2.11. The molecule has 0 radical (unpaired) electrons. The molecule has 34 heavy (non-hydrogen) atoms. The predicted molar refractivity (Wildman–Crippen MR) is 133 cm³/mol. The van der Waals surface area contributed by atoms with Crippen LogP contribution in [-0.2, 0) is 17.8 Å². The summed E-state index contributed by atoms with van der Waals surface area (Å²) in [4.78, 5) is 24.8. The number of rotatable bonds is 8. The number of nitrogens with one attached hydrogen (secondary N) is 2. The average molecular weight is 475 g/mol. The van der Waals surface area contributed by atoms with Gasteiger partial charge in [-0.15, -0.1) is 0 Å². The number of carbonyl (C=O) groups excluding carboxylic acids is 2. The number of aromatic nitrogens is 1. The summed E-state index contributed by atoms with van der Waals surface area (Å²) < 4.78 is 1.86. The lowest BCUT2D eigenvalue weighted by atomic mass is 10.1. The minimum atomic E-state index is -0.459. The Morgan fingerprint density at radius 1 is 1.03 bits per heavy atom. The van der Waals surface area contributed by atoms with Crippen molar-refractivity contribution in [3.63, 3.8) is 0 Å². The molecule has 4 aromatic rings. The maximum absolute atomic E-state index is 12.5. The molecule has 0 saturated carbocycles. The van der Waals surface area contributed by atoms with Crippen LogP contribution >= 0.6 is 11.6 Å². The maximum Gasteiger partial charge on any atom is 0.271 e. The molecule has 4 rings (SSSR count). The van der Waals surface area contributed by atoms with Gasteiger partial charge in [-0.25, -0.2) is 5.43 Å². The zero-order valence-electron chi connectivity index (χ0n) is 18.2. The lowest BCUT2D eigenvalue weighted by Crippen LogP contribution is -2.29. The number of hydrogen-bond acceptors (Lipinski definition) is 4. The molecule has 1 heterocycles. The van der Waals surface area contributed by atoms with Crippen LogP contribution in [0.2, 0.25) is 5.02 Å². The van der Waals surface area contributed by atoms with E-state index in [0.29, 0.717) is 6.54 Å². The molecule has 0 fully saturated rings. The van der Waals surface area contributed by atoms with Crippen LogP contribution in [0.5, 0.6) is 5.75 Å². The smallest absolute Gasteiger partial charge is 0.271 e. The Balaban J connectivity index is 1.41. The Kier molecular flexibility index (Phi) is 7.25. The third-order valence-electron chi connectivity index (χ3n) is 5.29. The third-order valence-corrected chi connectivity index (χ3v) is 5.59. The fraction of sp³-hybridized carbons (Fsp3) is 0.115. The van der Waals surface area contributed by atoms with Gasteiger partial charge in [0.15, 0.2) is 0 Å². The number of halogens is 1. The maximum atomic E-state index is 12.5. The largest absolute Gasteiger partial charge is 0.506 e. The molecule has 0 unspecified atom stereocenters. The van der Waals surface area contributed by atoms with E-state index < -0.39 is 5.91 Å². The summed E-state index contributed by atoms with van der Waals surface area (Å²) in [6.45, 7) is 0.727. The van der Waals surface area contributed by atoms with Crippen molar-refractivity contribution >= 4 is 40.5 Å². The first-order chi connectivity index (χ1) is 16.5. The molecule has 0 bridgehead atoms. The van der Waals surface area contributed by atoms with Crippen LogP contribution in [0.25, 0.3) is 10.9 Å². The van der Waals surface area contributed by atoms with Gasteiger partial charge in [-0.2, -0.15) is 5.10 Å². The summed E-state index contributed by atoms with van der Waals surface area (Å²) in [6.07, 6.45) is 4.13. The zero-order chi connectivity index (χ0) is 23.9. The van der Waals surface area contributed by atoms with E-state index in [1.54, 1.807) is 0 Å². The second-order valence-corrected chi connectivity index (χ2v) is 8.09. The lowest BCUT2D eigenvalue weighted by molar-refractivity contribution is -0.121. The Hall–Kier alpha value is -4.10. The van der Waals surface area contributed by atoms with Gasteiger partial charge in [0.2, 0.25) is 5.91 Å². The predicted octanol–water partition coefficient (Wildman–Crippen LogP) is 4.12. The van der Waals surface area contributed by atoms with Gasteiger partial charge in [-0.1, -0.05) is 60.1 Å². The van der Waals surface area contributed by atoms with Gasteiger partial charge in [0.1, 0.15) is 12.3 Å². The molecule has 7 nitrogen and oxygen atoms in total. The van der Waals surface area contributed by atoms with Crippen LogP contribution in [0, 0.1) is 0 Å². The van der Waals surface area contributed by atoms with E-state index in [1.165, 1.54) is 30.0 Å². The summed E-state index contributed by atoms with van der Waals surface area (Å²) in [5.41, 5.74) is 5.55. The van der Waals surface area contributed by atoms with Crippen LogP contribution in [0.3, 0.4) is 0 Å². The first kappa shape index (κ1) is 23.1. The van der Waals surface area contributed by atoms with E-state index in [-0.39, 0.29) is 28.8 Å². The van der Waals surface area contributed by atoms with Crippen LogP contribution in [-0.4, -0.2) is 34.2 Å². The van der Waals surface area contributed by atoms with E-state index in [4.69, 9.17) is 11.6 Å². The van der Waals surface area contributed by atoms with Crippen molar-refractivity contribution in [3.05, 3.63) is 101 Å². The molecule has 3 aromatic carbocycles. The summed E-state index contributed by atoms with van der Waals surface area (Å²) in [5, 5.41) is 17.5. The van der Waals surface area contributed by atoms with Crippen molar-refractivity contribution < 1.29 is 14.7 Å². The van der Waals surface area contributed by atoms with Crippen LogP contribution in [0.1, 0.15) is 21.5 Å². The second-order valence-electron chi connectivity index (χ2n) is 7.68. The fourth-order valence-corrected chi connectivity index (χ4v) is 3.76. The molecule has 0 spiro atoms. The molecule has 8 heteroatoms. The van der Waals surface area contributed by atoms with Crippen molar-refractivity contribution in [2.24, 2.45) is 5.10 Å². The van der Waals surface area contributed by atoms with Gasteiger partial charge in [0, 0.05) is 34.8 Å². The topological polar surface area (TPSA) is 95.7 Å². The number of aromatic hydroxyl groups is 1. The minimum Gasteiger partial charge on any atom is -0.506 e.